The summed E-state index contributed by atoms with van der Waals surface area (Å²) in [5.74, 6) is 0. The lowest BCUT2D eigenvalue weighted by Gasteiger charge is -2.32. The predicted octanol–water partition coefficient (Wildman–Crippen LogP) is 14.1. The molecule has 2 heterocycles. The summed E-state index contributed by atoms with van der Waals surface area (Å²) in [5.41, 5.74) is 22.4. The van der Waals surface area contributed by atoms with Gasteiger partial charge in [-0.3, -0.25) is 9.97 Å². The van der Waals surface area contributed by atoms with Gasteiger partial charge in [0.05, 0.1) is 10.8 Å². The van der Waals surface area contributed by atoms with Gasteiger partial charge in [0, 0.05) is 40.7 Å². The number of pyridine rings is 2. The first-order valence-electron chi connectivity index (χ1n) is 24.0. The van der Waals surface area contributed by atoms with E-state index < -0.39 is 18.0 Å². The number of hydrogen-bond donors (Lipinski definition) is 0. The van der Waals surface area contributed by atoms with E-state index in [9.17, 15) is 0 Å². The van der Waals surface area contributed by atoms with Crippen molar-refractivity contribution < 1.29 is 4.57 Å². The normalized spacial score (nSPS) is 14.3. The Morgan fingerprint density at radius 1 is 0.271 bits per heavy atom. The molecule has 0 saturated heterocycles. The van der Waals surface area contributed by atoms with Crippen LogP contribution in [0.1, 0.15) is 44.5 Å². The van der Waals surface area contributed by atoms with E-state index in [4.69, 9.17) is 0 Å². The van der Waals surface area contributed by atoms with Crippen LogP contribution in [0.2, 0.25) is 0 Å². The molecule has 0 saturated carbocycles. The molecule has 0 amide bonds. The fourth-order valence-electron chi connectivity index (χ4n) is 13.2. The van der Waals surface area contributed by atoms with Gasteiger partial charge >= 0.3 is 0 Å². The highest BCUT2D eigenvalue weighted by Crippen LogP contribution is 2.65. The molecule has 0 unspecified atom stereocenters. The minimum absolute atomic E-state index is 0.652. The summed E-state index contributed by atoms with van der Waals surface area (Å²) in [4.78, 5) is 9.03. The number of hydrogen-bond acceptors (Lipinski definition) is 3. The number of benzene rings is 9. The van der Waals surface area contributed by atoms with Crippen LogP contribution in [0.5, 0.6) is 0 Å². The van der Waals surface area contributed by atoms with Crippen molar-refractivity contribution >= 4 is 23.1 Å². The van der Waals surface area contributed by atoms with Gasteiger partial charge in [0.25, 0.3) is 0 Å². The smallest absolute Gasteiger partial charge is 0.171 e. The molecular weight excluding hydrogens is 868 g/mol. The molecule has 0 radical (unpaired) electrons. The van der Waals surface area contributed by atoms with Gasteiger partial charge in [-0.2, -0.15) is 0 Å². The minimum Gasteiger partial charge on any atom is -0.309 e. The zero-order chi connectivity index (χ0) is 46.2. The number of rotatable bonds is 5. The Morgan fingerprint density at radius 2 is 0.614 bits per heavy atom. The molecule has 70 heavy (non-hydrogen) atoms. The lowest BCUT2D eigenvalue weighted by molar-refractivity contribution is 0.592. The Morgan fingerprint density at radius 3 is 1.00 bits per heavy atom. The maximum atomic E-state index is 17.4. The topological polar surface area (TPSA) is 42.9 Å². The second-order valence-electron chi connectivity index (χ2n) is 19.1. The van der Waals surface area contributed by atoms with Crippen molar-refractivity contribution in [3.63, 3.8) is 0 Å². The Hall–Kier alpha value is -8.49. The summed E-state index contributed by atoms with van der Waals surface area (Å²) in [6.45, 7) is 0. The van der Waals surface area contributed by atoms with Crippen LogP contribution in [-0.2, 0) is 15.4 Å². The first-order valence-corrected chi connectivity index (χ1v) is 25.8. The van der Waals surface area contributed by atoms with Crippen LogP contribution in [-0.4, -0.2) is 9.97 Å². The summed E-state index contributed by atoms with van der Waals surface area (Å²) in [6, 6.07) is 81.4. The molecule has 0 bridgehead atoms. The summed E-state index contributed by atoms with van der Waals surface area (Å²) in [7, 11) is -3.61. The molecule has 326 valence electrons. The lowest BCUT2D eigenvalue weighted by atomic mass is 9.70. The zero-order valence-corrected chi connectivity index (χ0v) is 38.8. The first kappa shape index (κ1) is 39.5. The van der Waals surface area contributed by atoms with E-state index in [0.717, 1.165) is 60.4 Å². The quantitative estimate of drug-likeness (QED) is 0.162. The van der Waals surface area contributed by atoms with Gasteiger partial charge in [0.15, 0.2) is 7.14 Å². The van der Waals surface area contributed by atoms with Crippen molar-refractivity contribution in [2.75, 3.05) is 0 Å². The fraction of sp³-hybridized carbons (Fsp3) is 0.0303. The van der Waals surface area contributed by atoms with E-state index in [1.54, 1.807) is 0 Å². The third kappa shape index (κ3) is 5.02. The second kappa shape index (κ2) is 14.5. The van der Waals surface area contributed by atoms with Gasteiger partial charge in [0.1, 0.15) is 0 Å². The zero-order valence-electron chi connectivity index (χ0n) is 37.9. The molecule has 2 spiro atoms. The van der Waals surface area contributed by atoms with Gasteiger partial charge in [-0.1, -0.05) is 188 Å². The molecule has 15 rings (SSSR count). The third-order valence-electron chi connectivity index (χ3n) is 16.0. The molecule has 11 aromatic rings. The van der Waals surface area contributed by atoms with E-state index in [2.05, 4.69) is 204 Å². The van der Waals surface area contributed by atoms with E-state index in [-0.39, 0.29) is 0 Å². The van der Waals surface area contributed by atoms with Crippen LogP contribution < -0.4 is 15.9 Å². The van der Waals surface area contributed by atoms with Gasteiger partial charge in [-0.15, -0.1) is 0 Å². The Balaban J connectivity index is 0.999. The highest BCUT2D eigenvalue weighted by molar-refractivity contribution is 7.85. The molecule has 0 atom stereocenters. The van der Waals surface area contributed by atoms with Crippen molar-refractivity contribution in [1.29, 1.82) is 0 Å². The van der Waals surface area contributed by atoms with Crippen LogP contribution in [0, 0.1) is 0 Å². The first-order chi connectivity index (χ1) is 34.6. The lowest BCUT2D eigenvalue weighted by Crippen LogP contribution is -2.31. The summed E-state index contributed by atoms with van der Waals surface area (Å²) in [6.07, 6.45) is 7.55. The van der Waals surface area contributed by atoms with Gasteiger partial charge < -0.3 is 4.57 Å². The van der Waals surface area contributed by atoms with Crippen LogP contribution in [0.15, 0.2) is 249 Å². The average Bonchev–Trinajstić information content (AvgIpc) is 4.12. The minimum atomic E-state index is -3.61. The second-order valence-corrected chi connectivity index (χ2v) is 21.9. The maximum absolute atomic E-state index is 17.4. The van der Waals surface area contributed by atoms with E-state index in [0.29, 0.717) is 0 Å². The summed E-state index contributed by atoms with van der Waals surface area (Å²) in [5, 5.41) is 2.44. The molecule has 0 fully saturated rings. The standard InChI is InChI=1S/C66H41N2OP/c69-70(46-16-2-1-3-17-46,47-28-32-55-53-30-26-42(44-14-12-34-67-40-44)36-61(53)65(63(55)38-47)57-22-8-4-18-49(57)50-19-5-9-23-58(50)65)48-29-33-56-54-31-27-43(45-15-13-35-68-41-45)37-62(54)66(64(56)39-48)59-24-10-6-20-51(59)52-21-7-11-25-60(52)66/h1-41H. The highest BCUT2D eigenvalue weighted by atomic mass is 31.2. The van der Waals surface area contributed by atoms with Crippen molar-refractivity contribution in [3.05, 3.63) is 294 Å². The number of nitrogens with zero attached hydrogens (tertiary/aromatic N) is 2. The van der Waals surface area contributed by atoms with E-state index in [1.807, 2.05) is 55.1 Å². The largest absolute Gasteiger partial charge is 0.309 e. The van der Waals surface area contributed by atoms with Crippen LogP contribution in [0.25, 0.3) is 66.8 Å². The van der Waals surface area contributed by atoms with Crippen molar-refractivity contribution in [1.82, 2.24) is 9.97 Å². The van der Waals surface area contributed by atoms with Crippen LogP contribution in [0.3, 0.4) is 0 Å². The molecule has 4 heteroatoms. The monoisotopic (exact) mass is 908 g/mol. The Bertz CT molecular complexity index is 3720. The van der Waals surface area contributed by atoms with Crippen molar-refractivity contribution in [3.8, 4) is 66.8 Å². The van der Waals surface area contributed by atoms with Crippen LogP contribution in [0.4, 0.5) is 0 Å². The van der Waals surface area contributed by atoms with Gasteiger partial charge in [0.2, 0.25) is 0 Å². The summed E-state index contributed by atoms with van der Waals surface area (Å²) < 4.78 is 17.4. The molecule has 0 N–H and O–H groups in total. The predicted molar refractivity (Wildman–Crippen MR) is 285 cm³/mol. The third-order valence-corrected chi connectivity index (χ3v) is 19.0. The number of aromatic nitrogens is 2. The van der Waals surface area contributed by atoms with Crippen molar-refractivity contribution in [2.45, 2.75) is 10.8 Å². The van der Waals surface area contributed by atoms with E-state index >= 15 is 4.57 Å². The molecule has 4 aliphatic rings. The van der Waals surface area contributed by atoms with Gasteiger partial charge in [-0.25, -0.2) is 0 Å². The van der Waals surface area contributed by atoms with Gasteiger partial charge in [-0.05, 0) is 148 Å². The summed E-state index contributed by atoms with van der Waals surface area (Å²) >= 11 is 0. The maximum Gasteiger partial charge on any atom is 0.171 e. The Labute approximate surface area is 406 Å². The molecule has 3 nitrogen and oxygen atoms in total. The highest BCUT2D eigenvalue weighted by Gasteiger charge is 2.54. The average molecular weight is 909 g/mol. The molecule has 4 aliphatic carbocycles. The molecule has 9 aromatic carbocycles. The van der Waals surface area contributed by atoms with Crippen LogP contribution >= 0.6 is 7.14 Å². The molecule has 2 aromatic heterocycles. The van der Waals surface area contributed by atoms with E-state index in [1.165, 1.54) is 66.8 Å². The molecule has 0 aliphatic heterocycles. The fourth-order valence-corrected chi connectivity index (χ4v) is 15.8. The molecular formula is C66H41N2OP. The Kier molecular flexibility index (Phi) is 8.19. The van der Waals surface area contributed by atoms with Crippen molar-refractivity contribution in [2.24, 2.45) is 0 Å². The number of fused-ring (bicyclic) bond motifs is 20. The SMILES string of the molecule is O=P(c1ccccc1)(c1ccc2c(c1)C1(c3ccccc3-c3ccccc31)c1cc(-c3cccnc3)ccc1-2)c1ccc2c(c1)C1(c3ccccc3-c3ccccc31)c1cc(-c3cccnc3)ccc1-2.